The highest BCUT2D eigenvalue weighted by atomic mass is 79.9. The lowest BCUT2D eigenvalue weighted by molar-refractivity contribution is -0.115. The minimum Gasteiger partial charge on any atom is -0.496 e. The molecule has 0 spiro atoms. The van der Waals surface area contributed by atoms with Crippen molar-refractivity contribution in [3.05, 3.63) is 61.9 Å². The number of ether oxygens (including phenoxy) is 1. The van der Waals surface area contributed by atoms with E-state index in [0.717, 1.165) is 25.9 Å². The van der Waals surface area contributed by atoms with Gasteiger partial charge in [0.15, 0.2) is 5.17 Å². The lowest BCUT2D eigenvalue weighted by Crippen LogP contribution is -2.19. The summed E-state index contributed by atoms with van der Waals surface area (Å²) < 4.78 is 6.99. The molecule has 7 heteroatoms. The van der Waals surface area contributed by atoms with Gasteiger partial charge in [0.05, 0.1) is 22.2 Å². The number of amides is 1. The molecule has 0 atom stereocenters. The number of nitrogens with one attached hydrogen (secondary N) is 1. The Morgan fingerprint density at radius 1 is 1.21 bits per heavy atom. The van der Waals surface area contributed by atoms with E-state index in [4.69, 9.17) is 4.74 Å². The number of halogens is 2. The number of hydrogen-bond acceptors (Lipinski definition) is 4. The Morgan fingerprint density at radius 2 is 2.04 bits per heavy atom. The van der Waals surface area contributed by atoms with Crippen LogP contribution < -0.4 is 10.1 Å². The summed E-state index contributed by atoms with van der Waals surface area (Å²) in [7, 11) is 1.61. The van der Waals surface area contributed by atoms with Crippen molar-refractivity contribution in [2.75, 3.05) is 7.11 Å². The van der Waals surface area contributed by atoms with Crippen LogP contribution >= 0.6 is 43.6 Å². The van der Waals surface area contributed by atoms with Crippen LogP contribution in [0.5, 0.6) is 5.75 Å². The van der Waals surface area contributed by atoms with E-state index in [9.17, 15) is 4.79 Å². The maximum absolute atomic E-state index is 12.1. The van der Waals surface area contributed by atoms with Crippen molar-refractivity contribution in [1.82, 2.24) is 5.32 Å². The van der Waals surface area contributed by atoms with Crippen LogP contribution in [0.3, 0.4) is 0 Å². The van der Waals surface area contributed by atoms with Crippen LogP contribution in [0.25, 0.3) is 6.08 Å². The van der Waals surface area contributed by atoms with E-state index in [1.54, 1.807) is 7.11 Å². The smallest absolute Gasteiger partial charge is 0.264 e. The number of amidine groups is 1. The van der Waals surface area contributed by atoms with Crippen LogP contribution in [0.2, 0.25) is 0 Å². The number of aliphatic imine (C=N–C) groups is 1. The maximum atomic E-state index is 12.1. The number of benzene rings is 2. The van der Waals surface area contributed by atoms with Gasteiger partial charge in [-0.2, -0.15) is 0 Å². The highest BCUT2D eigenvalue weighted by Gasteiger charge is 2.23. The summed E-state index contributed by atoms with van der Waals surface area (Å²) in [5, 5.41) is 3.35. The number of carbonyl (C=O) groups is 1. The molecule has 0 saturated carbocycles. The Hall–Kier alpha value is -1.57. The zero-order chi connectivity index (χ0) is 17.1. The molecule has 1 heterocycles. The highest BCUT2D eigenvalue weighted by Crippen LogP contribution is 2.31. The molecule has 0 aromatic heterocycles. The Balaban J connectivity index is 1.83. The summed E-state index contributed by atoms with van der Waals surface area (Å²) in [6.07, 6.45) is 1.83. The van der Waals surface area contributed by atoms with Gasteiger partial charge in [0.25, 0.3) is 5.91 Å². The average molecular weight is 468 g/mol. The number of methoxy groups -OCH3 is 1. The first-order chi connectivity index (χ1) is 11.5. The third kappa shape index (κ3) is 4.09. The average Bonchev–Trinajstić information content (AvgIpc) is 2.87. The number of carbonyl (C=O) groups excluding carboxylic acids is 1. The van der Waals surface area contributed by atoms with E-state index >= 15 is 0 Å². The van der Waals surface area contributed by atoms with E-state index in [1.807, 2.05) is 48.5 Å². The van der Waals surface area contributed by atoms with E-state index < -0.39 is 0 Å². The Labute approximate surface area is 160 Å². The monoisotopic (exact) mass is 466 g/mol. The van der Waals surface area contributed by atoms with Gasteiger partial charge in [-0.3, -0.25) is 4.79 Å². The van der Waals surface area contributed by atoms with Gasteiger partial charge in [-0.25, -0.2) is 4.99 Å². The molecule has 24 heavy (non-hydrogen) atoms. The van der Waals surface area contributed by atoms with Gasteiger partial charge in [-0.15, -0.1) is 0 Å². The van der Waals surface area contributed by atoms with Crippen molar-refractivity contribution in [1.29, 1.82) is 0 Å². The zero-order valence-electron chi connectivity index (χ0n) is 12.5. The molecule has 0 unspecified atom stereocenters. The summed E-state index contributed by atoms with van der Waals surface area (Å²) >= 11 is 8.17. The number of thioether (sulfide) groups is 1. The summed E-state index contributed by atoms with van der Waals surface area (Å²) in [6.45, 7) is 0. The van der Waals surface area contributed by atoms with Crippen LogP contribution in [0.1, 0.15) is 5.56 Å². The molecule has 3 rings (SSSR count). The van der Waals surface area contributed by atoms with Crippen molar-refractivity contribution in [3.8, 4) is 5.75 Å². The molecule has 0 aliphatic carbocycles. The molecular weight excluding hydrogens is 456 g/mol. The van der Waals surface area contributed by atoms with Crippen molar-refractivity contribution in [2.45, 2.75) is 0 Å². The van der Waals surface area contributed by atoms with E-state index in [2.05, 4.69) is 42.2 Å². The Kier molecular flexibility index (Phi) is 5.43. The molecule has 122 valence electrons. The molecule has 1 aliphatic heterocycles. The zero-order valence-corrected chi connectivity index (χ0v) is 16.5. The van der Waals surface area contributed by atoms with Crippen LogP contribution in [0.4, 0.5) is 5.69 Å². The minimum atomic E-state index is -0.152. The van der Waals surface area contributed by atoms with E-state index in [0.29, 0.717) is 10.1 Å². The fraction of sp³-hybridized carbons (Fsp3) is 0.0588. The lowest BCUT2D eigenvalue weighted by Gasteiger charge is -2.03. The van der Waals surface area contributed by atoms with Gasteiger partial charge in [-0.1, -0.05) is 28.1 Å². The van der Waals surface area contributed by atoms with Crippen LogP contribution in [-0.2, 0) is 4.79 Å². The summed E-state index contributed by atoms with van der Waals surface area (Å²) in [5.41, 5.74) is 1.68. The van der Waals surface area contributed by atoms with Gasteiger partial charge in [0.1, 0.15) is 5.75 Å². The standard InChI is InChI=1S/C17H12Br2N2O2S/c1-23-14-6-5-10(7-13(14)19)8-15-16(22)21-17(24-15)20-12-4-2-3-11(18)9-12/h2-9H,1H3,(H,20,21,22)/b15-8-. The van der Waals surface area contributed by atoms with E-state index in [-0.39, 0.29) is 5.91 Å². The molecule has 2 aromatic rings. The van der Waals surface area contributed by atoms with Crippen molar-refractivity contribution < 1.29 is 9.53 Å². The predicted molar refractivity (Wildman–Crippen MR) is 106 cm³/mol. The van der Waals surface area contributed by atoms with Gasteiger partial charge in [0, 0.05) is 4.47 Å². The molecule has 1 N–H and O–H groups in total. The first kappa shape index (κ1) is 17.3. The van der Waals surface area contributed by atoms with Crippen molar-refractivity contribution in [2.24, 2.45) is 4.99 Å². The molecule has 4 nitrogen and oxygen atoms in total. The maximum Gasteiger partial charge on any atom is 0.264 e. The molecule has 1 fully saturated rings. The second kappa shape index (κ2) is 7.55. The van der Waals surface area contributed by atoms with Gasteiger partial charge in [-0.05, 0) is 69.7 Å². The fourth-order valence-electron chi connectivity index (χ4n) is 2.07. The van der Waals surface area contributed by atoms with Crippen molar-refractivity contribution >= 4 is 66.5 Å². The first-order valence-corrected chi connectivity index (χ1v) is 9.34. The highest BCUT2D eigenvalue weighted by molar-refractivity contribution is 9.10. The van der Waals surface area contributed by atoms with Gasteiger partial charge < -0.3 is 10.1 Å². The molecule has 0 radical (unpaired) electrons. The van der Waals surface area contributed by atoms with Crippen molar-refractivity contribution in [3.63, 3.8) is 0 Å². The summed E-state index contributed by atoms with van der Waals surface area (Å²) in [5.74, 6) is 0.596. The summed E-state index contributed by atoms with van der Waals surface area (Å²) in [4.78, 5) is 17.2. The quantitative estimate of drug-likeness (QED) is 0.638. The third-order valence-electron chi connectivity index (χ3n) is 3.16. The van der Waals surface area contributed by atoms with Crippen LogP contribution in [-0.4, -0.2) is 18.2 Å². The normalized spacial score (nSPS) is 17.4. The fourth-order valence-corrected chi connectivity index (χ4v) is 3.85. The molecular formula is C17H12Br2N2O2S. The predicted octanol–water partition coefficient (Wildman–Crippen LogP) is 5.11. The van der Waals surface area contributed by atoms with Gasteiger partial charge in [0.2, 0.25) is 0 Å². The molecule has 0 bridgehead atoms. The second-order valence-electron chi connectivity index (χ2n) is 4.86. The van der Waals surface area contributed by atoms with Gasteiger partial charge >= 0.3 is 0 Å². The Morgan fingerprint density at radius 3 is 2.75 bits per heavy atom. The summed E-state index contributed by atoms with van der Waals surface area (Å²) in [6, 6.07) is 13.3. The minimum absolute atomic E-state index is 0.152. The van der Waals surface area contributed by atoms with E-state index in [1.165, 1.54) is 11.8 Å². The SMILES string of the molecule is COc1ccc(/C=C2\SC(=Nc3cccc(Br)c3)NC2=O)cc1Br. The molecule has 2 aromatic carbocycles. The molecule has 1 amide bonds. The third-order valence-corrected chi connectivity index (χ3v) is 5.19. The number of nitrogens with zero attached hydrogens (tertiary/aromatic N) is 1. The number of hydrogen-bond donors (Lipinski definition) is 1. The second-order valence-corrected chi connectivity index (χ2v) is 7.66. The first-order valence-electron chi connectivity index (χ1n) is 6.94. The largest absolute Gasteiger partial charge is 0.496 e. The van der Waals surface area contributed by atoms with Crippen LogP contribution in [0.15, 0.2) is 61.3 Å². The molecule has 1 saturated heterocycles. The van der Waals surface area contributed by atoms with Crippen LogP contribution in [0, 0.1) is 0 Å². The topological polar surface area (TPSA) is 50.7 Å². The Bertz CT molecular complexity index is 865. The molecule has 1 aliphatic rings. The lowest BCUT2D eigenvalue weighted by atomic mass is 10.2. The number of rotatable bonds is 3.